The minimum absolute atomic E-state index is 0.203. The fourth-order valence-electron chi connectivity index (χ4n) is 1.64. The van der Waals surface area contributed by atoms with Gasteiger partial charge in [-0.1, -0.05) is 0 Å². The molecule has 0 atom stereocenters. The van der Waals surface area contributed by atoms with Gasteiger partial charge in [0.05, 0.1) is 14.2 Å². The van der Waals surface area contributed by atoms with Crippen LogP contribution in [0.15, 0.2) is 32.9 Å². The summed E-state index contributed by atoms with van der Waals surface area (Å²) in [6.07, 6.45) is -0.860. The normalized spacial score (nSPS) is 11.6. The maximum absolute atomic E-state index is 12.0. The molecule has 0 aliphatic rings. The molecule has 2 rings (SSSR count). The quantitative estimate of drug-likeness (QED) is 0.744. The molecule has 0 unspecified atom stereocenters. The van der Waals surface area contributed by atoms with Crippen molar-refractivity contribution in [2.75, 3.05) is 14.2 Å². The summed E-state index contributed by atoms with van der Waals surface area (Å²) in [4.78, 5) is 34.8. The van der Waals surface area contributed by atoms with Crippen LogP contribution in [0.25, 0.3) is 10.8 Å². The van der Waals surface area contributed by atoms with Crippen LogP contribution in [0.5, 0.6) is 5.75 Å². The van der Waals surface area contributed by atoms with Crippen molar-refractivity contribution < 1.29 is 14.3 Å². The Morgan fingerprint density at radius 2 is 1.84 bits per heavy atom. The van der Waals surface area contributed by atoms with Crippen molar-refractivity contribution in [3.63, 3.8) is 0 Å². The van der Waals surface area contributed by atoms with Crippen molar-refractivity contribution in [1.29, 1.82) is 0 Å². The van der Waals surface area contributed by atoms with Crippen molar-refractivity contribution in [2.45, 2.75) is 0 Å². The molecular formula is C12H10N2O5. The highest BCUT2D eigenvalue weighted by molar-refractivity contribution is 5.84. The number of hydrogen-bond donors (Lipinski definition) is 1. The molecule has 0 radical (unpaired) electrons. The van der Waals surface area contributed by atoms with Crippen LogP contribution in [-0.4, -0.2) is 20.3 Å². The van der Waals surface area contributed by atoms with Crippen molar-refractivity contribution in [1.82, 2.24) is 5.43 Å². The zero-order chi connectivity index (χ0) is 14.0. The molecular weight excluding hydrogens is 252 g/mol. The van der Waals surface area contributed by atoms with Gasteiger partial charge in [-0.3, -0.25) is 9.59 Å². The lowest BCUT2D eigenvalue weighted by atomic mass is 10.2. The van der Waals surface area contributed by atoms with Crippen LogP contribution in [-0.2, 0) is 4.74 Å². The van der Waals surface area contributed by atoms with E-state index in [1.807, 2.05) is 5.43 Å². The first-order chi connectivity index (χ1) is 9.08. The number of carbonyl (C=O) groups is 1. The highest BCUT2D eigenvalue weighted by Gasteiger charge is 2.12. The van der Waals surface area contributed by atoms with Gasteiger partial charge in [0.15, 0.2) is 5.36 Å². The maximum Gasteiger partial charge on any atom is 0.427 e. The molecule has 7 nitrogen and oxygen atoms in total. The van der Waals surface area contributed by atoms with Crippen LogP contribution in [0, 0.1) is 0 Å². The van der Waals surface area contributed by atoms with Gasteiger partial charge in [0.2, 0.25) is 10.9 Å². The lowest BCUT2D eigenvalue weighted by Crippen LogP contribution is -2.35. The van der Waals surface area contributed by atoms with Crippen molar-refractivity contribution in [3.8, 4) is 5.75 Å². The van der Waals surface area contributed by atoms with E-state index >= 15 is 0 Å². The summed E-state index contributed by atoms with van der Waals surface area (Å²) in [5.74, 6) is 0.460. The molecule has 0 spiro atoms. The molecule has 0 heterocycles. The van der Waals surface area contributed by atoms with Gasteiger partial charge in [-0.15, -0.1) is 0 Å². The van der Waals surface area contributed by atoms with E-state index in [9.17, 15) is 14.4 Å². The molecule has 1 N–H and O–H groups in total. The van der Waals surface area contributed by atoms with E-state index in [1.165, 1.54) is 19.2 Å². The van der Waals surface area contributed by atoms with Gasteiger partial charge in [0, 0.05) is 10.8 Å². The van der Waals surface area contributed by atoms with Crippen molar-refractivity contribution >= 4 is 16.9 Å². The minimum Gasteiger partial charge on any atom is -0.497 e. The third-order valence-corrected chi connectivity index (χ3v) is 2.59. The Balaban J connectivity index is 2.67. The molecule has 0 bridgehead atoms. The van der Waals surface area contributed by atoms with E-state index in [1.54, 1.807) is 6.07 Å². The van der Waals surface area contributed by atoms with Crippen LogP contribution in [0.3, 0.4) is 0 Å². The van der Waals surface area contributed by atoms with Gasteiger partial charge >= 0.3 is 6.09 Å². The van der Waals surface area contributed by atoms with Gasteiger partial charge in [0.1, 0.15) is 5.75 Å². The molecule has 0 saturated heterocycles. The number of methoxy groups -OCH3 is 2. The lowest BCUT2D eigenvalue weighted by Gasteiger charge is -1.96. The standard InChI is InChI=1S/C12H10N2O5/c1-18-6-3-4-7-8(5-6)11(16)9(10(7)15)13-14-12(17)19-2/h3-5H,1-2H3,(H,14,17). The SMILES string of the molecule is COC(=O)NN=c1c(=O)c2ccc(OC)cc2c1=O. The Bertz CT molecular complexity index is 787. The second-order valence-corrected chi connectivity index (χ2v) is 3.63. The third kappa shape index (κ3) is 2.17. The van der Waals surface area contributed by atoms with Gasteiger partial charge in [-0.05, 0) is 18.2 Å². The maximum atomic E-state index is 12.0. The van der Waals surface area contributed by atoms with Crippen molar-refractivity contribution in [2.24, 2.45) is 5.10 Å². The Morgan fingerprint density at radius 3 is 2.47 bits per heavy atom. The lowest BCUT2D eigenvalue weighted by molar-refractivity contribution is 0.171. The monoisotopic (exact) mass is 262 g/mol. The van der Waals surface area contributed by atoms with Crippen LogP contribution < -0.4 is 26.4 Å². The summed E-state index contributed by atoms with van der Waals surface area (Å²) < 4.78 is 9.28. The second-order valence-electron chi connectivity index (χ2n) is 3.63. The molecule has 0 aromatic heterocycles. The number of nitrogens with zero attached hydrogens (tertiary/aromatic N) is 1. The first kappa shape index (κ1) is 12.7. The van der Waals surface area contributed by atoms with Gasteiger partial charge in [-0.25, -0.2) is 10.2 Å². The van der Waals surface area contributed by atoms with E-state index in [4.69, 9.17) is 4.74 Å². The predicted octanol–water partition coefficient (Wildman–Crippen LogP) is -0.384. The van der Waals surface area contributed by atoms with Crippen molar-refractivity contribution in [3.05, 3.63) is 44.0 Å². The summed E-state index contributed by atoms with van der Waals surface area (Å²) in [5, 5.41) is 3.56. The smallest absolute Gasteiger partial charge is 0.427 e. The Hall–Kier alpha value is -2.70. The van der Waals surface area contributed by atoms with Crippen LogP contribution in [0.4, 0.5) is 4.79 Å². The van der Waals surface area contributed by atoms with E-state index in [0.29, 0.717) is 5.75 Å². The van der Waals surface area contributed by atoms with Gasteiger partial charge < -0.3 is 9.47 Å². The van der Waals surface area contributed by atoms with E-state index in [0.717, 1.165) is 7.11 Å². The van der Waals surface area contributed by atoms with Crippen LogP contribution in [0.1, 0.15) is 0 Å². The van der Waals surface area contributed by atoms with E-state index in [-0.39, 0.29) is 16.1 Å². The summed E-state index contributed by atoms with van der Waals surface area (Å²) >= 11 is 0. The van der Waals surface area contributed by atoms with Crippen LogP contribution >= 0.6 is 0 Å². The zero-order valence-corrected chi connectivity index (χ0v) is 10.2. The molecule has 1 amide bonds. The average Bonchev–Trinajstić information content (AvgIpc) is 2.68. The molecule has 2 aromatic carbocycles. The molecule has 2 aromatic rings. The van der Waals surface area contributed by atoms with E-state index in [2.05, 4.69) is 9.84 Å². The summed E-state index contributed by atoms with van der Waals surface area (Å²) in [7, 11) is 2.60. The molecule has 7 heteroatoms. The third-order valence-electron chi connectivity index (χ3n) is 2.59. The van der Waals surface area contributed by atoms with E-state index < -0.39 is 17.0 Å². The highest BCUT2D eigenvalue weighted by atomic mass is 16.5. The molecule has 19 heavy (non-hydrogen) atoms. The number of amides is 1. The molecule has 98 valence electrons. The Kier molecular flexibility index (Phi) is 3.28. The Labute approximate surface area is 106 Å². The largest absolute Gasteiger partial charge is 0.497 e. The highest BCUT2D eigenvalue weighted by Crippen LogP contribution is 2.14. The zero-order valence-electron chi connectivity index (χ0n) is 10.2. The topological polar surface area (TPSA) is 94.1 Å². The molecule has 0 aliphatic carbocycles. The Morgan fingerprint density at radius 1 is 1.16 bits per heavy atom. The number of nitrogens with one attached hydrogen (secondary N) is 1. The molecule has 0 fully saturated rings. The van der Waals surface area contributed by atoms with Crippen LogP contribution in [0.2, 0.25) is 0 Å². The summed E-state index contributed by atoms with van der Waals surface area (Å²) in [5.41, 5.74) is 0.850. The number of fused-ring (bicyclic) bond motifs is 1. The number of benzene rings is 1. The molecule has 0 saturated carbocycles. The van der Waals surface area contributed by atoms with Gasteiger partial charge in [-0.2, -0.15) is 5.10 Å². The fourth-order valence-corrected chi connectivity index (χ4v) is 1.64. The number of ether oxygens (including phenoxy) is 2. The summed E-state index contributed by atoms with van der Waals surface area (Å²) in [6.45, 7) is 0. The first-order valence-electron chi connectivity index (χ1n) is 5.27. The van der Waals surface area contributed by atoms with Gasteiger partial charge in [0.25, 0.3) is 0 Å². The minimum atomic E-state index is -0.860. The molecule has 0 aliphatic heterocycles. The summed E-state index contributed by atoms with van der Waals surface area (Å²) in [6, 6.07) is 4.51. The average molecular weight is 262 g/mol. The second kappa shape index (κ2) is 4.89. The number of hydrogen-bond acceptors (Lipinski definition) is 6. The first-order valence-corrected chi connectivity index (χ1v) is 5.27. The number of rotatable bonds is 2. The predicted molar refractivity (Wildman–Crippen MR) is 66.5 cm³/mol. The number of carbonyl (C=O) groups excluding carboxylic acids is 1. The fraction of sp³-hybridized carbons (Fsp3) is 0.167.